The van der Waals surface area contributed by atoms with Crippen molar-refractivity contribution in [3.05, 3.63) is 0 Å². The summed E-state index contributed by atoms with van der Waals surface area (Å²) in [5.41, 5.74) is -0.136. The van der Waals surface area contributed by atoms with E-state index < -0.39 is 0 Å². The van der Waals surface area contributed by atoms with Crippen LogP contribution in [0.4, 0.5) is 0 Å². The summed E-state index contributed by atoms with van der Waals surface area (Å²) in [5, 5.41) is 12.9. The Balaban J connectivity index is 2.29. The summed E-state index contributed by atoms with van der Waals surface area (Å²) in [7, 11) is 0. The summed E-state index contributed by atoms with van der Waals surface area (Å²) in [4.78, 5) is 2.44. The van der Waals surface area contributed by atoms with Crippen molar-refractivity contribution in [3.8, 4) is 0 Å². The zero-order valence-electron chi connectivity index (χ0n) is 11.4. The van der Waals surface area contributed by atoms with Crippen molar-refractivity contribution < 1.29 is 9.84 Å². The maximum absolute atomic E-state index is 9.49. The predicted octanol–water partition coefficient (Wildman–Crippen LogP) is 0.849. The van der Waals surface area contributed by atoms with E-state index in [2.05, 4.69) is 24.1 Å². The third-order valence-electron chi connectivity index (χ3n) is 3.45. The Morgan fingerprint density at radius 2 is 2.18 bits per heavy atom. The minimum Gasteiger partial charge on any atom is -0.394 e. The van der Waals surface area contributed by atoms with Gasteiger partial charge in [0.15, 0.2) is 0 Å². The van der Waals surface area contributed by atoms with Crippen LogP contribution in [0.15, 0.2) is 0 Å². The van der Waals surface area contributed by atoms with E-state index in [4.69, 9.17) is 4.74 Å². The number of aliphatic hydroxyl groups excluding tert-OH is 1. The van der Waals surface area contributed by atoms with Crippen LogP contribution in [-0.2, 0) is 4.74 Å². The van der Waals surface area contributed by atoms with Crippen molar-refractivity contribution in [2.75, 3.05) is 46.0 Å². The average Bonchev–Trinajstić information content (AvgIpc) is 2.62. The second-order valence-electron chi connectivity index (χ2n) is 5.20. The highest BCUT2D eigenvalue weighted by atomic mass is 16.5. The molecule has 0 aromatic rings. The molecule has 17 heavy (non-hydrogen) atoms. The van der Waals surface area contributed by atoms with Gasteiger partial charge in [0.2, 0.25) is 0 Å². The van der Waals surface area contributed by atoms with Gasteiger partial charge in [0.1, 0.15) is 0 Å². The van der Waals surface area contributed by atoms with Gasteiger partial charge in [-0.2, -0.15) is 0 Å². The van der Waals surface area contributed by atoms with E-state index in [0.717, 1.165) is 58.7 Å². The van der Waals surface area contributed by atoms with Crippen LogP contribution in [0.2, 0.25) is 0 Å². The Morgan fingerprint density at radius 1 is 1.35 bits per heavy atom. The first-order valence-electron chi connectivity index (χ1n) is 6.86. The second kappa shape index (κ2) is 8.03. The molecule has 1 atom stereocenters. The van der Waals surface area contributed by atoms with Crippen molar-refractivity contribution in [1.82, 2.24) is 10.2 Å². The molecule has 1 unspecified atom stereocenters. The molecule has 0 radical (unpaired) electrons. The molecule has 0 bridgehead atoms. The first-order chi connectivity index (χ1) is 8.20. The van der Waals surface area contributed by atoms with Crippen molar-refractivity contribution >= 4 is 0 Å². The monoisotopic (exact) mass is 244 g/mol. The quantitative estimate of drug-likeness (QED) is 0.697. The average molecular weight is 244 g/mol. The van der Waals surface area contributed by atoms with Crippen LogP contribution < -0.4 is 5.32 Å². The first kappa shape index (κ1) is 14.9. The van der Waals surface area contributed by atoms with E-state index in [9.17, 15) is 5.11 Å². The molecule has 1 aliphatic heterocycles. The smallest absolute Gasteiger partial charge is 0.0611 e. The van der Waals surface area contributed by atoms with E-state index in [1.165, 1.54) is 0 Å². The Bertz CT molecular complexity index is 194. The van der Waals surface area contributed by atoms with Crippen LogP contribution in [0.5, 0.6) is 0 Å². The van der Waals surface area contributed by atoms with Gasteiger partial charge in [-0.15, -0.1) is 0 Å². The molecule has 0 aromatic heterocycles. The van der Waals surface area contributed by atoms with E-state index in [1.54, 1.807) is 0 Å². The number of hydrogen-bond acceptors (Lipinski definition) is 4. The van der Waals surface area contributed by atoms with Gasteiger partial charge in [0.25, 0.3) is 0 Å². The number of nitrogens with zero attached hydrogens (tertiary/aromatic N) is 1. The Kier molecular flexibility index (Phi) is 7.04. The van der Waals surface area contributed by atoms with Gasteiger partial charge in [-0.3, -0.25) is 0 Å². The van der Waals surface area contributed by atoms with Crippen LogP contribution in [0.1, 0.15) is 33.1 Å². The highest BCUT2D eigenvalue weighted by Gasteiger charge is 2.23. The minimum atomic E-state index is -0.136. The van der Waals surface area contributed by atoms with Crippen LogP contribution in [-0.4, -0.2) is 61.5 Å². The Labute approximate surface area is 105 Å². The van der Waals surface area contributed by atoms with Crippen LogP contribution in [0.3, 0.4) is 0 Å². The maximum atomic E-state index is 9.49. The highest BCUT2D eigenvalue weighted by Crippen LogP contribution is 2.11. The first-order valence-corrected chi connectivity index (χ1v) is 6.86. The van der Waals surface area contributed by atoms with E-state index >= 15 is 0 Å². The Morgan fingerprint density at radius 3 is 2.88 bits per heavy atom. The molecule has 1 aliphatic rings. The fourth-order valence-corrected chi connectivity index (χ4v) is 2.08. The summed E-state index contributed by atoms with van der Waals surface area (Å²) in [6, 6.07) is 0. The van der Waals surface area contributed by atoms with Gasteiger partial charge in [-0.05, 0) is 32.7 Å². The van der Waals surface area contributed by atoms with Crippen molar-refractivity contribution in [1.29, 1.82) is 0 Å². The van der Waals surface area contributed by atoms with Gasteiger partial charge in [-0.25, -0.2) is 0 Å². The molecule has 0 spiro atoms. The third kappa shape index (κ3) is 5.82. The molecule has 2 N–H and O–H groups in total. The molecule has 4 nitrogen and oxygen atoms in total. The fraction of sp³-hybridized carbons (Fsp3) is 1.00. The van der Waals surface area contributed by atoms with Crippen molar-refractivity contribution in [3.63, 3.8) is 0 Å². The van der Waals surface area contributed by atoms with E-state index in [-0.39, 0.29) is 12.1 Å². The summed E-state index contributed by atoms with van der Waals surface area (Å²) >= 11 is 0. The van der Waals surface area contributed by atoms with Gasteiger partial charge in [-0.1, -0.05) is 6.92 Å². The third-order valence-corrected chi connectivity index (χ3v) is 3.45. The SMILES string of the molecule is CCCNC(C)(CO)CCN1CCCOCC1. The summed E-state index contributed by atoms with van der Waals surface area (Å²) < 4.78 is 5.44. The normalized spacial score (nSPS) is 22.1. The number of nitrogens with one attached hydrogen (secondary N) is 1. The molecular formula is C13H28N2O2. The Hall–Kier alpha value is -0.160. The van der Waals surface area contributed by atoms with Gasteiger partial charge in [0, 0.05) is 31.8 Å². The summed E-state index contributed by atoms with van der Waals surface area (Å²) in [6.07, 6.45) is 3.22. The maximum Gasteiger partial charge on any atom is 0.0611 e. The van der Waals surface area contributed by atoms with Crippen molar-refractivity contribution in [2.45, 2.75) is 38.6 Å². The molecule has 0 aliphatic carbocycles. The topological polar surface area (TPSA) is 44.7 Å². The zero-order valence-corrected chi connectivity index (χ0v) is 11.4. The molecule has 1 fully saturated rings. The molecular weight excluding hydrogens is 216 g/mol. The molecule has 4 heteroatoms. The van der Waals surface area contributed by atoms with Gasteiger partial charge >= 0.3 is 0 Å². The standard InChI is InChI=1S/C13H28N2O2/c1-3-6-14-13(2,12-16)5-8-15-7-4-10-17-11-9-15/h14,16H,3-12H2,1-2H3. The van der Waals surface area contributed by atoms with Crippen LogP contribution in [0, 0.1) is 0 Å². The number of ether oxygens (including phenoxy) is 1. The van der Waals surface area contributed by atoms with Gasteiger partial charge in [0.05, 0.1) is 13.2 Å². The lowest BCUT2D eigenvalue weighted by Gasteiger charge is -2.31. The lowest BCUT2D eigenvalue weighted by molar-refractivity contribution is 0.129. The minimum absolute atomic E-state index is 0.136. The summed E-state index contributed by atoms with van der Waals surface area (Å²) in [5.74, 6) is 0. The molecule has 1 saturated heterocycles. The highest BCUT2D eigenvalue weighted by molar-refractivity contribution is 4.83. The van der Waals surface area contributed by atoms with Crippen LogP contribution >= 0.6 is 0 Å². The second-order valence-corrected chi connectivity index (χ2v) is 5.20. The zero-order chi connectivity index (χ0) is 12.6. The van der Waals surface area contributed by atoms with Gasteiger partial charge < -0.3 is 20.1 Å². The van der Waals surface area contributed by atoms with Crippen molar-refractivity contribution in [2.24, 2.45) is 0 Å². The van der Waals surface area contributed by atoms with Crippen LogP contribution in [0.25, 0.3) is 0 Å². The van der Waals surface area contributed by atoms with E-state index in [1.807, 2.05) is 0 Å². The molecule has 0 saturated carbocycles. The molecule has 0 amide bonds. The molecule has 102 valence electrons. The number of rotatable bonds is 7. The molecule has 1 heterocycles. The number of aliphatic hydroxyl groups is 1. The number of hydrogen-bond donors (Lipinski definition) is 2. The largest absolute Gasteiger partial charge is 0.394 e. The lowest BCUT2D eigenvalue weighted by atomic mass is 9.98. The predicted molar refractivity (Wildman–Crippen MR) is 70.3 cm³/mol. The lowest BCUT2D eigenvalue weighted by Crippen LogP contribution is -2.48. The molecule has 1 rings (SSSR count). The summed E-state index contributed by atoms with van der Waals surface area (Å²) in [6.45, 7) is 10.4. The fourth-order valence-electron chi connectivity index (χ4n) is 2.08. The van der Waals surface area contributed by atoms with E-state index in [0.29, 0.717) is 0 Å². The molecule has 0 aromatic carbocycles.